The number of aromatic hydroxyl groups is 1. The summed E-state index contributed by atoms with van der Waals surface area (Å²) in [6, 6.07) is 19.8. The molecule has 0 atom stereocenters. The van der Waals surface area contributed by atoms with Crippen molar-refractivity contribution in [1.29, 1.82) is 0 Å². The molecule has 0 unspecified atom stereocenters. The molecule has 1 aromatic heterocycles. The van der Waals surface area contributed by atoms with Crippen molar-refractivity contribution in [2.75, 3.05) is 0 Å². The molecular formula is C23H20N4O3. The van der Waals surface area contributed by atoms with E-state index in [0.717, 1.165) is 10.8 Å². The van der Waals surface area contributed by atoms with Crippen LogP contribution in [0.25, 0.3) is 16.5 Å². The van der Waals surface area contributed by atoms with Gasteiger partial charge in [0.2, 0.25) is 0 Å². The number of rotatable bonds is 4. The average Bonchev–Trinajstić information content (AvgIpc) is 3.06. The van der Waals surface area contributed by atoms with Gasteiger partial charge in [-0.3, -0.25) is 14.7 Å². The van der Waals surface area contributed by atoms with Gasteiger partial charge >= 0.3 is 0 Å². The Balaban J connectivity index is 1.62. The molecule has 0 aliphatic heterocycles. The number of amides is 1. The van der Waals surface area contributed by atoms with Crippen LogP contribution in [0.2, 0.25) is 0 Å². The summed E-state index contributed by atoms with van der Waals surface area (Å²) in [5.74, 6) is -0.697. The van der Waals surface area contributed by atoms with Crippen molar-refractivity contribution in [3.8, 4) is 11.4 Å². The minimum absolute atomic E-state index is 0.109. The number of H-pyrrole nitrogens is 1. The molecule has 0 saturated carbocycles. The number of phenolic OH excluding ortho intramolecular Hbond substituents is 1. The van der Waals surface area contributed by atoms with Crippen molar-refractivity contribution >= 4 is 22.4 Å². The Labute approximate surface area is 172 Å². The molecule has 0 radical (unpaired) electrons. The molecule has 0 aliphatic carbocycles. The van der Waals surface area contributed by atoms with E-state index in [1.165, 1.54) is 10.7 Å². The molecule has 7 heteroatoms. The van der Waals surface area contributed by atoms with Crippen molar-refractivity contribution in [3.05, 3.63) is 93.9 Å². The first-order valence-electron chi connectivity index (χ1n) is 9.39. The topological polar surface area (TPSA) is 99.5 Å². The van der Waals surface area contributed by atoms with Gasteiger partial charge in [-0.15, -0.1) is 0 Å². The summed E-state index contributed by atoms with van der Waals surface area (Å²) in [5.41, 5.74) is 4.35. The predicted molar refractivity (Wildman–Crippen MR) is 116 cm³/mol. The lowest BCUT2D eigenvalue weighted by molar-refractivity contribution is 0.0952. The van der Waals surface area contributed by atoms with Gasteiger partial charge in [0.25, 0.3) is 11.5 Å². The molecule has 1 amide bonds. The van der Waals surface area contributed by atoms with Crippen LogP contribution in [0.1, 0.15) is 28.5 Å². The minimum atomic E-state index is -0.561. The van der Waals surface area contributed by atoms with Gasteiger partial charge in [-0.2, -0.15) is 5.10 Å². The molecule has 3 N–H and O–H groups in total. The zero-order valence-corrected chi connectivity index (χ0v) is 16.5. The summed E-state index contributed by atoms with van der Waals surface area (Å²) in [6.45, 7) is 3.42. The first kappa shape index (κ1) is 19.2. The maximum atomic E-state index is 12.8. The van der Waals surface area contributed by atoms with Gasteiger partial charge in [-0.05, 0) is 48.9 Å². The van der Waals surface area contributed by atoms with E-state index >= 15 is 0 Å². The van der Waals surface area contributed by atoms with Gasteiger partial charge in [-0.1, -0.05) is 42.5 Å². The quantitative estimate of drug-likeness (QED) is 0.361. The van der Waals surface area contributed by atoms with E-state index in [4.69, 9.17) is 0 Å². The summed E-state index contributed by atoms with van der Waals surface area (Å²) in [5, 5.41) is 19.0. The zero-order chi connectivity index (χ0) is 21.3. The average molecular weight is 400 g/mol. The second kappa shape index (κ2) is 7.71. The molecule has 4 rings (SSSR count). The van der Waals surface area contributed by atoms with Gasteiger partial charge in [0.1, 0.15) is 5.75 Å². The van der Waals surface area contributed by atoms with Crippen LogP contribution < -0.4 is 11.0 Å². The number of nitrogens with one attached hydrogen (secondary N) is 2. The molecule has 0 saturated heterocycles. The highest BCUT2D eigenvalue weighted by atomic mass is 16.3. The fourth-order valence-electron chi connectivity index (χ4n) is 3.39. The maximum Gasteiger partial charge on any atom is 0.280 e. The third kappa shape index (κ3) is 3.48. The third-order valence-corrected chi connectivity index (χ3v) is 4.88. The Morgan fingerprint density at radius 1 is 1.03 bits per heavy atom. The molecule has 0 aliphatic rings. The van der Waals surface area contributed by atoms with Crippen LogP contribution in [0, 0.1) is 6.92 Å². The molecule has 7 nitrogen and oxygen atoms in total. The van der Waals surface area contributed by atoms with Crippen molar-refractivity contribution in [1.82, 2.24) is 15.2 Å². The number of fused-ring (bicyclic) bond motifs is 1. The van der Waals surface area contributed by atoms with Crippen LogP contribution in [-0.2, 0) is 0 Å². The number of hydrogen-bond acceptors (Lipinski definition) is 4. The smallest absolute Gasteiger partial charge is 0.280 e. The highest BCUT2D eigenvalue weighted by Gasteiger charge is 2.16. The van der Waals surface area contributed by atoms with E-state index in [0.29, 0.717) is 22.7 Å². The largest absolute Gasteiger partial charge is 0.507 e. The highest BCUT2D eigenvalue weighted by Crippen LogP contribution is 2.24. The monoisotopic (exact) mass is 400 g/mol. The number of aromatic amines is 1. The lowest BCUT2D eigenvalue weighted by atomic mass is 10.1. The lowest BCUT2D eigenvalue weighted by Crippen LogP contribution is -2.23. The van der Waals surface area contributed by atoms with Crippen LogP contribution >= 0.6 is 0 Å². The number of carbonyl (C=O) groups excluding carboxylic acids is 1. The van der Waals surface area contributed by atoms with Gasteiger partial charge in [0.05, 0.1) is 22.5 Å². The van der Waals surface area contributed by atoms with Crippen LogP contribution in [-0.4, -0.2) is 26.5 Å². The summed E-state index contributed by atoms with van der Waals surface area (Å²) in [7, 11) is 0. The van der Waals surface area contributed by atoms with Crippen molar-refractivity contribution in [2.45, 2.75) is 13.8 Å². The summed E-state index contributed by atoms with van der Waals surface area (Å²) < 4.78 is 1.43. The fraction of sp³-hybridized carbons (Fsp3) is 0.0870. The Kier molecular flexibility index (Phi) is 4.93. The molecule has 0 fully saturated rings. The van der Waals surface area contributed by atoms with Gasteiger partial charge in [0, 0.05) is 5.69 Å². The molecular weight excluding hydrogens is 380 g/mol. The number of para-hydroxylation sites is 1. The van der Waals surface area contributed by atoms with Crippen LogP contribution in [0.5, 0.6) is 5.75 Å². The number of aryl methyl sites for hydroxylation is 1. The van der Waals surface area contributed by atoms with E-state index in [-0.39, 0.29) is 16.9 Å². The summed E-state index contributed by atoms with van der Waals surface area (Å²) >= 11 is 0. The number of aromatic nitrogens is 2. The van der Waals surface area contributed by atoms with Crippen LogP contribution in [0.4, 0.5) is 0 Å². The van der Waals surface area contributed by atoms with Crippen molar-refractivity contribution in [3.63, 3.8) is 0 Å². The van der Waals surface area contributed by atoms with E-state index < -0.39 is 5.91 Å². The maximum absolute atomic E-state index is 12.8. The number of hydrogen-bond donors (Lipinski definition) is 3. The number of hydrazone groups is 1. The molecule has 150 valence electrons. The molecule has 0 spiro atoms. The molecule has 1 heterocycles. The number of benzene rings is 3. The second-order valence-corrected chi connectivity index (χ2v) is 6.94. The minimum Gasteiger partial charge on any atom is -0.507 e. The molecule has 3 aromatic carbocycles. The van der Waals surface area contributed by atoms with E-state index in [9.17, 15) is 14.7 Å². The molecule has 30 heavy (non-hydrogen) atoms. The Hall–Kier alpha value is -4.13. The van der Waals surface area contributed by atoms with Gasteiger partial charge in [0.15, 0.2) is 0 Å². The van der Waals surface area contributed by atoms with Crippen molar-refractivity contribution < 1.29 is 9.90 Å². The first-order chi connectivity index (χ1) is 14.5. The first-order valence-corrected chi connectivity index (χ1v) is 9.39. The Morgan fingerprint density at radius 3 is 2.37 bits per heavy atom. The molecule has 0 bridgehead atoms. The lowest BCUT2D eigenvalue weighted by Gasteiger charge is -2.06. The van der Waals surface area contributed by atoms with Crippen molar-refractivity contribution in [2.24, 2.45) is 5.10 Å². The number of nitrogens with zero attached hydrogens (tertiary/aromatic N) is 2. The summed E-state index contributed by atoms with van der Waals surface area (Å²) in [4.78, 5) is 25.4. The van der Waals surface area contributed by atoms with E-state index in [1.54, 1.807) is 19.9 Å². The standard InChI is InChI=1S/C23H20N4O3/c1-14(21-15(2)26-27(23(21)30)18-10-4-3-5-11-18)24-25-22(29)19-12-16-8-6-7-9-17(16)13-20(19)28/h3-13,26,28H,1-2H3,(H,25,29)/b24-14-. The van der Waals surface area contributed by atoms with E-state index in [2.05, 4.69) is 15.6 Å². The second-order valence-electron chi connectivity index (χ2n) is 6.94. The van der Waals surface area contributed by atoms with E-state index in [1.807, 2.05) is 54.6 Å². The van der Waals surface area contributed by atoms with Crippen LogP contribution in [0.15, 0.2) is 76.6 Å². The Morgan fingerprint density at radius 2 is 1.67 bits per heavy atom. The summed E-state index contributed by atoms with van der Waals surface area (Å²) in [6.07, 6.45) is 0. The van der Waals surface area contributed by atoms with Gasteiger partial charge < -0.3 is 5.11 Å². The highest BCUT2D eigenvalue weighted by molar-refractivity contribution is 6.04. The third-order valence-electron chi connectivity index (χ3n) is 4.88. The Bertz CT molecular complexity index is 1330. The number of phenols is 1. The zero-order valence-electron chi connectivity index (χ0n) is 16.5. The normalized spacial score (nSPS) is 11.6. The predicted octanol–water partition coefficient (Wildman–Crippen LogP) is 3.49. The van der Waals surface area contributed by atoms with Gasteiger partial charge in [-0.25, -0.2) is 10.1 Å². The number of carbonyl (C=O) groups is 1. The molecule has 4 aromatic rings. The fourth-order valence-corrected chi connectivity index (χ4v) is 3.39. The SMILES string of the molecule is C/C(=N/NC(=O)c1cc2ccccc2cc1O)c1c(C)[nH]n(-c2ccccc2)c1=O. The van der Waals surface area contributed by atoms with Crippen LogP contribution in [0.3, 0.4) is 0 Å².